The van der Waals surface area contributed by atoms with Crippen LogP contribution in [-0.2, 0) is 9.32 Å². The van der Waals surface area contributed by atoms with Crippen molar-refractivity contribution in [3.05, 3.63) is 11.8 Å². The van der Waals surface area contributed by atoms with E-state index in [2.05, 4.69) is 37.0 Å². The lowest BCUT2D eigenvalue weighted by molar-refractivity contribution is -0.140. The Bertz CT molecular complexity index is 743. The number of carboxylic acids is 1. The van der Waals surface area contributed by atoms with E-state index in [1.807, 2.05) is 19.9 Å². The molecule has 0 aromatic carbocycles. The topological polar surface area (TPSA) is 79.0 Å². The van der Waals surface area contributed by atoms with E-state index >= 15 is 0 Å². The van der Waals surface area contributed by atoms with Crippen LogP contribution < -0.4 is 4.90 Å². The molecule has 1 aliphatic carbocycles. The van der Waals surface area contributed by atoms with E-state index in [-0.39, 0.29) is 5.92 Å². The molecule has 1 saturated carbocycles. The SMILES string of the molecule is CC(C)C(C(=O)O)c1cc(N2CC(CC3CCN(CC4(COPI)CC4)CC3)C2)no1. The predicted molar refractivity (Wildman–Crippen MR) is 131 cm³/mol. The van der Waals surface area contributed by atoms with Crippen molar-refractivity contribution in [2.24, 2.45) is 23.2 Å². The largest absolute Gasteiger partial charge is 0.481 e. The molecule has 2 saturated heterocycles. The third-order valence-electron chi connectivity index (χ3n) is 7.36. The monoisotopic (exact) mass is 563 g/mol. The lowest BCUT2D eigenvalue weighted by Crippen LogP contribution is -2.48. The smallest absolute Gasteiger partial charge is 0.314 e. The molecule has 3 aliphatic rings. The minimum Gasteiger partial charge on any atom is -0.481 e. The molecule has 0 amide bonds. The Kier molecular flexibility index (Phi) is 7.82. The van der Waals surface area contributed by atoms with Crippen LogP contribution in [0.1, 0.15) is 57.6 Å². The second-order valence-corrected chi connectivity index (χ2v) is 12.0. The first-order valence-corrected chi connectivity index (χ1v) is 15.6. The van der Waals surface area contributed by atoms with Crippen molar-refractivity contribution in [1.29, 1.82) is 0 Å². The van der Waals surface area contributed by atoms with E-state index in [1.165, 1.54) is 51.7 Å². The van der Waals surface area contributed by atoms with Gasteiger partial charge in [0.25, 0.3) is 0 Å². The number of rotatable bonds is 11. The van der Waals surface area contributed by atoms with E-state index in [4.69, 9.17) is 9.05 Å². The molecular weight excluding hydrogens is 528 g/mol. The van der Waals surface area contributed by atoms with Gasteiger partial charge in [0.05, 0.1) is 13.1 Å². The molecule has 9 heteroatoms. The molecule has 2 aliphatic heterocycles. The van der Waals surface area contributed by atoms with Gasteiger partial charge in [-0.2, -0.15) is 0 Å². The molecule has 0 bridgehead atoms. The van der Waals surface area contributed by atoms with E-state index < -0.39 is 11.9 Å². The number of likely N-dealkylation sites (tertiary alicyclic amines) is 1. The van der Waals surface area contributed by atoms with Gasteiger partial charge in [-0.25, -0.2) is 0 Å². The van der Waals surface area contributed by atoms with E-state index in [1.54, 1.807) is 0 Å². The summed E-state index contributed by atoms with van der Waals surface area (Å²) in [5.74, 6) is 1.29. The van der Waals surface area contributed by atoms with Gasteiger partial charge >= 0.3 is 5.97 Å². The molecule has 7 nitrogen and oxygen atoms in total. The van der Waals surface area contributed by atoms with Gasteiger partial charge < -0.3 is 24.0 Å². The van der Waals surface area contributed by atoms with E-state index in [0.717, 1.165) is 31.4 Å². The third kappa shape index (κ3) is 5.92. The maximum Gasteiger partial charge on any atom is 0.314 e. The Morgan fingerprint density at radius 1 is 1.35 bits per heavy atom. The molecule has 4 rings (SSSR count). The molecule has 3 fully saturated rings. The van der Waals surface area contributed by atoms with Crippen LogP contribution >= 0.6 is 28.5 Å². The molecule has 3 heterocycles. The third-order valence-corrected chi connectivity index (χ3v) is 8.55. The Morgan fingerprint density at radius 2 is 2.06 bits per heavy atom. The van der Waals surface area contributed by atoms with Crippen molar-refractivity contribution < 1.29 is 18.9 Å². The number of carboxylic acid groups (broad SMARTS) is 1. The first-order valence-electron chi connectivity index (χ1n) is 11.5. The molecule has 1 aromatic heterocycles. The quantitative estimate of drug-likeness (QED) is 0.307. The number of aliphatic carboxylic acids is 1. The fourth-order valence-electron chi connectivity index (χ4n) is 5.25. The summed E-state index contributed by atoms with van der Waals surface area (Å²) in [5.41, 5.74) is 0.463. The van der Waals surface area contributed by atoms with Crippen LogP contribution in [0, 0.1) is 23.2 Å². The van der Waals surface area contributed by atoms with E-state index in [0.29, 0.717) is 23.5 Å². The number of halogens is 1. The maximum atomic E-state index is 11.5. The summed E-state index contributed by atoms with van der Waals surface area (Å²) < 4.78 is 11.1. The zero-order valence-electron chi connectivity index (χ0n) is 18.6. The minimum atomic E-state index is -0.851. The zero-order chi connectivity index (χ0) is 22.0. The summed E-state index contributed by atoms with van der Waals surface area (Å²) in [5, 5.41) is 13.6. The van der Waals surface area contributed by atoms with Crippen LogP contribution in [0.5, 0.6) is 0 Å². The number of nitrogens with zero attached hydrogens (tertiary/aromatic N) is 3. The highest BCUT2D eigenvalue weighted by atomic mass is 127. The molecule has 174 valence electrons. The Morgan fingerprint density at radius 3 is 2.65 bits per heavy atom. The van der Waals surface area contributed by atoms with Crippen LogP contribution in [-0.4, -0.2) is 60.5 Å². The molecule has 0 radical (unpaired) electrons. The predicted octanol–water partition coefficient (Wildman–Crippen LogP) is 4.78. The average molecular weight is 563 g/mol. The molecule has 31 heavy (non-hydrogen) atoms. The minimum absolute atomic E-state index is 0.0257. The summed E-state index contributed by atoms with van der Waals surface area (Å²) in [6.07, 6.45) is 6.58. The summed E-state index contributed by atoms with van der Waals surface area (Å²) in [7, 11) is 0. The number of piperidine rings is 1. The Hall–Kier alpha value is -0.440. The average Bonchev–Trinajstić information content (AvgIpc) is 3.30. The maximum absolute atomic E-state index is 11.5. The lowest BCUT2D eigenvalue weighted by atomic mass is 9.83. The van der Waals surface area contributed by atoms with Crippen molar-refractivity contribution >= 4 is 40.3 Å². The summed E-state index contributed by atoms with van der Waals surface area (Å²) in [4.78, 5) is 16.4. The van der Waals surface area contributed by atoms with E-state index in [9.17, 15) is 9.90 Å². The van der Waals surface area contributed by atoms with Gasteiger partial charge in [-0.1, -0.05) is 19.0 Å². The van der Waals surface area contributed by atoms with Crippen molar-refractivity contribution in [1.82, 2.24) is 10.1 Å². The molecule has 2 unspecified atom stereocenters. The van der Waals surface area contributed by atoms with Gasteiger partial charge in [0.1, 0.15) is 5.92 Å². The summed E-state index contributed by atoms with van der Waals surface area (Å²) in [6, 6.07) is 1.82. The zero-order valence-corrected chi connectivity index (χ0v) is 21.7. The van der Waals surface area contributed by atoms with Gasteiger partial charge in [-0.05, 0) is 85.0 Å². The lowest BCUT2D eigenvalue weighted by Gasteiger charge is -2.42. The fourth-order valence-corrected chi connectivity index (χ4v) is 6.08. The van der Waals surface area contributed by atoms with Crippen molar-refractivity contribution in [2.45, 2.75) is 51.9 Å². The number of anilines is 1. The Labute approximate surface area is 200 Å². The van der Waals surface area contributed by atoms with Crippen LogP contribution in [0.15, 0.2) is 10.6 Å². The Balaban J connectivity index is 1.17. The molecule has 2 atom stereocenters. The van der Waals surface area contributed by atoms with Gasteiger partial charge in [0, 0.05) is 31.1 Å². The second-order valence-electron chi connectivity index (χ2n) is 10.2. The summed E-state index contributed by atoms with van der Waals surface area (Å²) in [6.45, 7) is 11.0. The van der Waals surface area contributed by atoms with Crippen LogP contribution in [0.25, 0.3) is 0 Å². The van der Waals surface area contributed by atoms with Crippen LogP contribution in [0.2, 0.25) is 0 Å². The van der Waals surface area contributed by atoms with Crippen molar-refractivity contribution in [3.8, 4) is 0 Å². The standard InChI is InChI=1S/C22H35IN3O4P/c1-15(2)20(21(27)28)18-10-19(24-30-18)26-11-17(12-26)9-16-3-7-25(8-4-16)13-22(5-6-22)14-29-31-23/h10,15-17,20,31H,3-9,11-14H2,1-2H3,(H,27,28). The van der Waals surface area contributed by atoms with Gasteiger partial charge in [-0.15, -0.1) is 0 Å². The number of hydrogen-bond acceptors (Lipinski definition) is 6. The first-order chi connectivity index (χ1) is 14.9. The highest BCUT2D eigenvalue weighted by Crippen LogP contribution is 2.48. The van der Waals surface area contributed by atoms with Gasteiger partial charge in [-0.3, -0.25) is 4.79 Å². The van der Waals surface area contributed by atoms with Crippen LogP contribution in [0.3, 0.4) is 0 Å². The number of hydrogen-bond donors (Lipinski definition) is 1. The number of carbonyl (C=O) groups is 1. The highest BCUT2D eigenvalue weighted by Gasteiger charge is 2.44. The van der Waals surface area contributed by atoms with Gasteiger partial charge in [0.15, 0.2) is 11.6 Å². The molecule has 0 spiro atoms. The fraction of sp³-hybridized carbons (Fsp3) is 0.818. The normalized spacial score (nSPS) is 23.5. The van der Waals surface area contributed by atoms with Crippen LogP contribution in [0.4, 0.5) is 5.82 Å². The first kappa shape index (κ1) is 23.7. The van der Waals surface area contributed by atoms with Crippen molar-refractivity contribution in [2.75, 3.05) is 44.2 Å². The molecule has 1 aromatic rings. The molecular formula is C22H35IN3O4P. The second kappa shape index (κ2) is 10.2. The van der Waals surface area contributed by atoms with Gasteiger partial charge in [0.2, 0.25) is 0 Å². The molecule has 1 N–H and O–H groups in total. The van der Waals surface area contributed by atoms with Crippen molar-refractivity contribution in [3.63, 3.8) is 0 Å². The number of aromatic nitrogens is 1. The summed E-state index contributed by atoms with van der Waals surface area (Å²) >= 11 is 2.32. The highest BCUT2D eigenvalue weighted by molar-refractivity contribution is 14.2.